The number of carbonyl (C=O) groups excluding carboxylic acids is 1. The highest BCUT2D eigenvalue weighted by molar-refractivity contribution is 7.99. The molecule has 0 radical (unpaired) electrons. The van der Waals surface area contributed by atoms with Crippen molar-refractivity contribution < 1.29 is 28.2 Å². The number of rotatable bonds is 9. The van der Waals surface area contributed by atoms with Gasteiger partial charge in [0.05, 0.1) is 17.1 Å². The fourth-order valence-corrected chi connectivity index (χ4v) is 7.88. The van der Waals surface area contributed by atoms with Crippen molar-refractivity contribution in [3.05, 3.63) is 17.7 Å². The third kappa shape index (κ3) is 5.01. The van der Waals surface area contributed by atoms with Gasteiger partial charge in [-0.25, -0.2) is 4.98 Å². The zero-order valence-corrected chi connectivity index (χ0v) is 20.7. The number of amides is 1. The number of aliphatic carboxylic acids is 1. The topological polar surface area (TPSA) is 91.8 Å². The Hall–Kier alpha value is -1.94. The molecular weight excluding hydrogens is 476 g/mol. The minimum atomic E-state index is -2.76. The first-order chi connectivity index (χ1) is 16.8. The summed E-state index contributed by atoms with van der Waals surface area (Å²) in [6.07, 6.45) is 5.26. The molecule has 0 spiro atoms. The molecule has 4 bridgehead atoms. The van der Waals surface area contributed by atoms with E-state index in [0.29, 0.717) is 61.1 Å². The lowest BCUT2D eigenvalue weighted by molar-refractivity contribution is -0.260. The summed E-state index contributed by atoms with van der Waals surface area (Å²) < 4.78 is 31.3. The molecule has 10 heteroatoms. The minimum Gasteiger partial charge on any atom is -0.481 e. The highest BCUT2D eigenvalue weighted by atomic mass is 32.2. The zero-order valence-electron chi connectivity index (χ0n) is 19.9. The maximum absolute atomic E-state index is 13.4. The Bertz CT molecular complexity index is 960. The van der Waals surface area contributed by atoms with E-state index in [-0.39, 0.29) is 23.8 Å². The number of alkyl halides is 2. The van der Waals surface area contributed by atoms with E-state index < -0.39 is 24.1 Å². The van der Waals surface area contributed by atoms with E-state index in [2.05, 4.69) is 12.2 Å². The summed E-state index contributed by atoms with van der Waals surface area (Å²) in [6, 6.07) is 3.56. The van der Waals surface area contributed by atoms with Crippen LogP contribution in [0.2, 0.25) is 0 Å². The number of anilines is 1. The SMILES string of the molecule is CCCSc1nc(N2CCC(C(=O)O)C2)ccc1C(=O)NC1C2CC3CC1CC(OC(F)F)(C3)C2. The predicted molar refractivity (Wildman–Crippen MR) is 128 cm³/mol. The fourth-order valence-electron chi connectivity index (χ4n) is 7.01. The third-order valence-electron chi connectivity index (χ3n) is 8.25. The normalized spacial score (nSPS) is 33.5. The van der Waals surface area contributed by atoms with Gasteiger partial charge in [0.25, 0.3) is 5.91 Å². The van der Waals surface area contributed by atoms with E-state index in [1.54, 1.807) is 12.1 Å². The number of nitrogens with one attached hydrogen (secondary N) is 1. The molecule has 6 rings (SSSR count). The predicted octanol–water partition coefficient (Wildman–Crippen LogP) is 4.41. The molecule has 4 saturated carbocycles. The molecule has 2 N–H and O–H groups in total. The lowest BCUT2D eigenvalue weighted by Crippen LogP contribution is -2.62. The molecule has 3 atom stereocenters. The summed E-state index contributed by atoms with van der Waals surface area (Å²) in [4.78, 5) is 31.5. The molecule has 5 aliphatic rings. The van der Waals surface area contributed by atoms with Gasteiger partial charge in [0.15, 0.2) is 0 Å². The second-order valence-corrected chi connectivity index (χ2v) is 11.8. The molecule has 7 nitrogen and oxygen atoms in total. The van der Waals surface area contributed by atoms with Crippen LogP contribution in [-0.2, 0) is 9.53 Å². The summed E-state index contributed by atoms with van der Waals surface area (Å²) in [5.41, 5.74) is -0.214. The van der Waals surface area contributed by atoms with Gasteiger partial charge < -0.3 is 20.1 Å². The average molecular weight is 510 g/mol. The van der Waals surface area contributed by atoms with Crippen LogP contribution in [0, 0.1) is 23.7 Å². The van der Waals surface area contributed by atoms with Crippen LogP contribution in [0.15, 0.2) is 17.2 Å². The first-order valence-electron chi connectivity index (χ1n) is 12.7. The van der Waals surface area contributed by atoms with Crippen molar-refractivity contribution in [3.8, 4) is 0 Å². The van der Waals surface area contributed by atoms with Gasteiger partial charge in [-0.05, 0) is 80.6 Å². The first kappa shape index (κ1) is 24.7. The number of pyridine rings is 1. The molecule has 2 heterocycles. The van der Waals surface area contributed by atoms with Crippen LogP contribution in [0.4, 0.5) is 14.6 Å². The Morgan fingerprint density at radius 3 is 2.66 bits per heavy atom. The Morgan fingerprint density at radius 2 is 2.03 bits per heavy atom. The second kappa shape index (κ2) is 9.84. The van der Waals surface area contributed by atoms with Crippen LogP contribution in [0.3, 0.4) is 0 Å². The van der Waals surface area contributed by atoms with Crippen molar-refractivity contribution in [1.29, 1.82) is 0 Å². The quantitative estimate of drug-likeness (QED) is 0.477. The second-order valence-electron chi connectivity index (χ2n) is 10.7. The molecule has 35 heavy (non-hydrogen) atoms. The highest BCUT2D eigenvalue weighted by Crippen LogP contribution is 2.57. The molecule has 4 aliphatic carbocycles. The number of hydrogen-bond donors (Lipinski definition) is 2. The number of thioether (sulfide) groups is 1. The van der Waals surface area contributed by atoms with E-state index in [0.717, 1.165) is 25.0 Å². The molecule has 1 saturated heterocycles. The lowest BCUT2D eigenvalue weighted by Gasteiger charge is -2.59. The number of halogens is 2. The number of nitrogens with zero attached hydrogens (tertiary/aromatic N) is 2. The monoisotopic (exact) mass is 509 g/mol. The van der Waals surface area contributed by atoms with Gasteiger partial charge in [0.1, 0.15) is 10.8 Å². The molecule has 1 aromatic rings. The Balaban J connectivity index is 1.31. The molecule has 1 amide bonds. The summed E-state index contributed by atoms with van der Waals surface area (Å²) >= 11 is 1.53. The van der Waals surface area contributed by atoms with Gasteiger partial charge in [-0.3, -0.25) is 9.59 Å². The maximum atomic E-state index is 13.4. The number of carboxylic acids is 1. The molecule has 3 unspecified atom stereocenters. The summed E-state index contributed by atoms with van der Waals surface area (Å²) in [6.45, 7) is 0.354. The first-order valence-corrected chi connectivity index (χ1v) is 13.6. The van der Waals surface area contributed by atoms with E-state index in [9.17, 15) is 23.5 Å². The Labute approximate surface area is 208 Å². The van der Waals surface area contributed by atoms with Crippen molar-refractivity contribution in [2.45, 2.75) is 75.1 Å². The molecule has 192 valence electrons. The largest absolute Gasteiger partial charge is 0.481 e. The van der Waals surface area contributed by atoms with Crippen molar-refractivity contribution in [3.63, 3.8) is 0 Å². The Morgan fingerprint density at radius 1 is 1.29 bits per heavy atom. The van der Waals surface area contributed by atoms with Crippen LogP contribution in [0.1, 0.15) is 62.2 Å². The minimum absolute atomic E-state index is 0.0351. The van der Waals surface area contributed by atoms with Crippen molar-refractivity contribution >= 4 is 29.5 Å². The molecule has 5 fully saturated rings. The van der Waals surface area contributed by atoms with E-state index in [1.165, 1.54) is 11.8 Å². The smallest absolute Gasteiger partial charge is 0.345 e. The standard InChI is InChI=1S/C25H33F2N3O4S/c1-2-7-35-22-18(3-4-19(28-22)30-6-5-15(13-30)23(32)33)21(31)29-20-16-8-14-9-17(20)12-25(10-14,11-16)34-24(26)27/h3-4,14-17,20,24H,2,5-13H2,1H3,(H,29,31)(H,32,33). The van der Waals surface area contributed by atoms with Gasteiger partial charge in [-0.2, -0.15) is 8.78 Å². The molecule has 1 aromatic heterocycles. The molecule has 1 aliphatic heterocycles. The summed E-state index contributed by atoms with van der Waals surface area (Å²) in [5, 5.41) is 13.2. The van der Waals surface area contributed by atoms with Crippen molar-refractivity contribution in [2.75, 3.05) is 23.7 Å². The molecule has 0 aromatic carbocycles. The number of ether oxygens (including phenoxy) is 1. The van der Waals surface area contributed by atoms with Gasteiger partial charge in [0.2, 0.25) is 0 Å². The Kier molecular flexibility index (Phi) is 6.96. The van der Waals surface area contributed by atoms with Gasteiger partial charge in [0, 0.05) is 19.1 Å². The fraction of sp³-hybridized carbons (Fsp3) is 0.720. The molecular formula is C25H33F2N3O4S. The maximum Gasteiger partial charge on any atom is 0.345 e. The zero-order chi connectivity index (χ0) is 24.7. The van der Waals surface area contributed by atoms with E-state index in [1.807, 2.05) is 4.90 Å². The van der Waals surface area contributed by atoms with Crippen LogP contribution in [0.5, 0.6) is 0 Å². The summed E-state index contributed by atoms with van der Waals surface area (Å²) in [7, 11) is 0. The van der Waals surface area contributed by atoms with Crippen LogP contribution < -0.4 is 10.2 Å². The number of aromatic nitrogens is 1. The van der Waals surface area contributed by atoms with Crippen molar-refractivity contribution in [2.24, 2.45) is 23.7 Å². The van der Waals surface area contributed by atoms with Gasteiger partial charge in [-0.15, -0.1) is 11.8 Å². The average Bonchev–Trinajstić information content (AvgIpc) is 3.29. The van der Waals surface area contributed by atoms with Crippen LogP contribution in [-0.4, -0.2) is 59.1 Å². The summed E-state index contributed by atoms with van der Waals surface area (Å²) in [5.74, 6) is 0.852. The van der Waals surface area contributed by atoms with Crippen molar-refractivity contribution in [1.82, 2.24) is 10.3 Å². The van der Waals surface area contributed by atoms with E-state index in [4.69, 9.17) is 9.72 Å². The van der Waals surface area contributed by atoms with Crippen LogP contribution in [0.25, 0.3) is 0 Å². The van der Waals surface area contributed by atoms with Gasteiger partial charge in [-0.1, -0.05) is 6.92 Å². The van der Waals surface area contributed by atoms with Gasteiger partial charge >= 0.3 is 12.6 Å². The van der Waals surface area contributed by atoms with Crippen LogP contribution >= 0.6 is 11.8 Å². The highest BCUT2D eigenvalue weighted by Gasteiger charge is 2.57. The number of carbonyl (C=O) groups is 2. The third-order valence-corrected chi connectivity index (χ3v) is 9.45. The number of carboxylic acid groups (broad SMARTS) is 1. The van der Waals surface area contributed by atoms with E-state index >= 15 is 0 Å². The number of hydrogen-bond acceptors (Lipinski definition) is 6. The lowest BCUT2D eigenvalue weighted by atomic mass is 9.52.